The molecule has 3 atom stereocenters. The van der Waals surface area contributed by atoms with E-state index in [4.69, 9.17) is 32.7 Å². The molecule has 0 unspecified atom stereocenters. The van der Waals surface area contributed by atoms with E-state index in [1.54, 1.807) is 13.2 Å². The molecule has 0 spiro atoms. The standard InChI is InChI=1S/C33H44Cl2N2O3/c1-23(2)20-37(31(38)17-25-10-11-29(34)30(35)16-25)27-12-13-33(40-4)22-36(21-24-8-9-24)15-14-32(33,19-27)26-6-5-7-28(18-26)39-3/h5-7,10-11,16,18,23-24,27H,8-9,12-15,17,19-22H2,1-4H3/t27-,32-,33-/m0/s1. The summed E-state index contributed by atoms with van der Waals surface area (Å²) in [5, 5.41) is 0.994. The first-order valence-electron chi connectivity index (χ1n) is 14.8. The number of fused-ring (bicyclic) bond motifs is 1. The molecule has 3 fully saturated rings. The van der Waals surface area contributed by atoms with Crippen molar-refractivity contribution in [2.24, 2.45) is 11.8 Å². The lowest BCUT2D eigenvalue weighted by Crippen LogP contribution is -2.68. The van der Waals surface area contributed by atoms with Gasteiger partial charge in [-0.05, 0) is 92.3 Å². The maximum Gasteiger partial charge on any atom is 0.227 e. The Balaban J connectivity index is 1.48. The van der Waals surface area contributed by atoms with Gasteiger partial charge >= 0.3 is 0 Å². The average molecular weight is 588 g/mol. The second kappa shape index (κ2) is 12.2. The van der Waals surface area contributed by atoms with Crippen molar-refractivity contribution >= 4 is 29.1 Å². The maximum atomic E-state index is 14.0. The molecule has 2 aromatic carbocycles. The first kappa shape index (κ1) is 29.7. The van der Waals surface area contributed by atoms with Gasteiger partial charge in [0.1, 0.15) is 5.75 Å². The van der Waals surface area contributed by atoms with Gasteiger partial charge in [-0.3, -0.25) is 4.79 Å². The van der Waals surface area contributed by atoms with Crippen LogP contribution in [0.5, 0.6) is 5.75 Å². The number of likely N-dealkylation sites (tertiary alicyclic amines) is 1. The summed E-state index contributed by atoms with van der Waals surface area (Å²) >= 11 is 12.4. The van der Waals surface area contributed by atoms with Crippen LogP contribution in [0.3, 0.4) is 0 Å². The minimum atomic E-state index is -0.306. The number of amides is 1. The molecule has 7 heteroatoms. The van der Waals surface area contributed by atoms with Crippen LogP contribution in [0.15, 0.2) is 42.5 Å². The van der Waals surface area contributed by atoms with Gasteiger partial charge in [0.15, 0.2) is 0 Å². The van der Waals surface area contributed by atoms with E-state index in [0.717, 1.165) is 62.5 Å². The summed E-state index contributed by atoms with van der Waals surface area (Å²) in [4.78, 5) is 18.8. The number of benzene rings is 2. The summed E-state index contributed by atoms with van der Waals surface area (Å²) in [5.74, 6) is 2.22. The lowest BCUT2D eigenvalue weighted by Gasteiger charge is -2.61. The summed E-state index contributed by atoms with van der Waals surface area (Å²) in [5.41, 5.74) is 1.65. The van der Waals surface area contributed by atoms with Crippen molar-refractivity contribution in [3.05, 3.63) is 63.6 Å². The number of hydrogen-bond acceptors (Lipinski definition) is 4. The largest absolute Gasteiger partial charge is 0.497 e. The Morgan fingerprint density at radius 1 is 1.07 bits per heavy atom. The molecule has 5 rings (SSSR count). The number of hydrogen-bond donors (Lipinski definition) is 0. The van der Waals surface area contributed by atoms with Crippen LogP contribution >= 0.6 is 23.2 Å². The predicted molar refractivity (Wildman–Crippen MR) is 163 cm³/mol. The first-order chi connectivity index (χ1) is 19.2. The molecule has 0 aromatic heterocycles. The Kier molecular flexibility index (Phi) is 9.06. The van der Waals surface area contributed by atoms with Crippen LogP contribution in [0.25, 0.3) is 0 Å². The van der Waals surface area contributed by atoms with Crippen LogP contribution in [0.4, 0.5) is 0 Å². The van der Waals surface area contributed by atoms with E-state index in [9.17, 15) is 4.79 Å². The van der Waals surface area contributed by atoms with E-state index >= 15 is 0 Å². The second-order valence-electron chi connectivity index (χ2n) is 12.7. The third-order valence-corrected chi connectivity index (χ3v) is 10.3. The summed E-state index contributed by atoms with van der Waals surface area (Å²) in [6.45, 7) is 8.27. The molecule has 0 radical (unpaired) electrons. The zero-order valence-corrected chi connectivity index (χ0v) is 25.9. The van der Waals surface area contributed by atoms with Crippen molar-refractivity contribution in [3.63, 3.8) is 0 Å². The summed E-state index contributed by atoms with van der Waals surface area (Å²) < 4.78 is 12.3. The first-order valence-corrected chi connectivity index (χ1v) is 15.6. The summed E-state index contributed by atoms with van der Waals surface area (Å²) in [6, 6.07) is 14.2. The average Bonchev–Trinajstić information content (AvgIpc) is 3.77. The zero-order valence-electron chi connectivity index (χ0n) is 24.4. The summed E-state index contributed by atoms with van der Waals surface area (Å²) in [6.07, 6.45) is 6.75. The van der Waals surface area contributed by atoms with Crippen LogP contribution < -0.4 is 4.74 Å². The molecule has 218 valence electrons. The fraction of sp³-hybridized carbons (Fsp3) is 0.606. The SMILES string of the molecule is COc1cccc([C@@]23CCN(CC4CC4)C[C@@]2(OC)CC[C@H](N(CC(C)C)C(=O)Cc2ccc(Cl)c(Cl)c2)C3)c1. The van der Waals surface area contributed by atoms with E-state index < -0.39 is 0 Å². The van der Waals surface area contributed by atoms with Gasteiger partial charge < -0.3 is 19.3 Å². The third-order valence-electron chi connectivity index (χ3n) is 9.56. The molecule has 1 heterocycles. The van der Waals surface area contributed by atoms with Crippen LogP contribution in [0.1, 0.15) is 63.5 Å². The van der Waals surface area contributed by atoms with Crippen molar-refractivity contribution in [2.75, 3.05) is 40.4 Å². The number of carbonyl (C=O) groups excluding carboxylic acids is 1. The van der Waals surface area contributed by atoms with Gasteiger partial charge in [0, 0.05) is 38.2 Å². The minimum absolute atomic E-state index is 0.127. The van der Waals surface area contributed by atoms with Crippen LogP contribution in [0, 0.1) is 11.8 Å². The van der Waals surface area contributed by atoms with Gasteiger partial charge in [0.2, 0.25) is 5.91 Å². The molecule has 2 aliphatic carbocycles. The predicted octanol–water partition coefficient (Wildman–Crippen LogP) is 7.02. The second-order valence-corrected chi connectivity index (χ2v) is 13.5. The minimum Gasteiger partial charge on any atom is -0.497 e. The van der Waals surface area contributed by atoms with Crippen molar-refractivity contribution in [1.29, 1.82) is 0 Å². The lowest BCUT2D eigenvalue weighted by atomic mass is 9.55. The number of carbonyl (C=O) groups is 1. The topological polar surface area (TPSA) is 42.0 Å². The van der Waals surface area contributed by atoms with E-state index in [0.29, 0.717) is 22.4 Å². The van der Waals surface area contributed by atoms with Gasteiger partial charge in [0.25, 0.3) is 0 Å². The highest BCUT2D eigenvalue weighted by Gasteiger charge is 2.60. The number of ether oxygens (including phenoxy) is 2. The fourth-order valence-corrected chi connectivity index (χ4v) is 7.67. The number of halogens is 2. The van der Waals surface area contributed by atoms with Gasteiger partial charge in [-0.25, -0.2) is 0 Å². The van der Waals surface area contributed by atoms with Crippen molar-refractivity contribution in [1.82, 2.24) is 9.80 Å². The molecule has 1 amide bonds. The van der Waals surface area contributed by atoms with Gasteiger partial charge in [-0.15, -0.1) is 0 Å². The number of piperidine rings is 1. The molecular formula is C33H44Cl2N2O3. The van der Waals surface area contributed by atoms with Gasteiger partial charge in [-0.2, -0.15) is 0 Å². The molecule has 1 saturated heterocycles. The number of methoxy groups -OCH3 is 2. The van der Waals surface area contributed by atoms with Gasteiger partial charge in [0.05, 0.1) is 29.2 Å². The molecule has 5 nitrogen and oxygen atoms in total. The fourth-order valence-electron chi connectivity index (χ4n) is 7.35. The van der Waals surface area contributed by atoms with Gasteiger partial charge in [-0.1, -0.05) is 55.2 Å². The summed E-state index contributed by atoms with van der Waals surface area (Å²) in [7, 11) is 3.63. The molecule has 3 aliphatic rings. The smallest absolute Gasteiger partial charge is 0.227 e. The van der Waals surface area contributed by atoms with Crippen molar-refractivity contribution in [3.8, 4) is 5.75 Å². The Hall–Kier alpha value is -1.79. The molecule has 40 heavy (non-hydrogen) atoms. The van der Waals surface area contributed by atoms with E-state index in [2.05, 4.69) is 41.8 Å². The molecule has 1 aliphatic heterocycles. The van der Waals surface area contributed by atoms with Crippen LogP contribution in [0.2, 0.25) is 10.0 Å². The molecule has 0 N–H and O–H groups in total. The van der Waals surface area contributed by atoms with Crippen LogP contribution in [-0.2, 0) is 21.4 Å². The highest BCUT2D eigenvalue weighted by Crippen LogP contribution is 2.55. The highest BCUT2D eigenvalue weighted by atomic mass is 35.5. The molecule has 2 saturated carbocycles. The van der Waals surface area contributed by atoms with Crippen molar-refractivity contribution < 1.29 is 14.3 Å². The van der Waals surface area contributed by atoms with Crippen molar-refractivity contribution in [2.45, 2.75) is 75.9 Å². The van der Waals surface area contributed by atoms with E-state index in [-0.39, 0.29) is 23.0 Å². The number of nitrogens with zero attached hydrogens (tertiary/aromatic N) is 2. The maximum absolute atomic E-state index is 14.0. The number of rotatable bonds is 10. The van der Waals surface area contributed by atoms with Crippen LogP contribution in [-0.4, -0.2) is 67.7 Å². The van der Waals surface area contributed by atoms with E-state index in [1.165, 1.54) is 24.9 Å². The normalized spacial score (nSPS) is 26.9. The highest BCUT2D eigenvalue weighted by molar-refractivity contribution is 6.42. The third kappa shape index (κ3) is 6.04. The molecule has 2 aromatic rings. The zero-order chi connectivity index (χ0) is 28.5. The lowest BCUT2D eigenvalue weighted by molar-refractivity contribution is -0.162. The molecule has 0 bridgehead atoms. The quantitative estimate of drug-likeness (QED) is 0.300. The monoisotopic (exact) mass is 586 g/mol. The Labute approximate surface area is 250 Å². The Bertz CT molecular complexity index is 1200. The molecular weight excluding hydrogens is 543 g/mol. The van der Waals surface area contributed by atoms with E-state index in [1.807, 2.05) is 25.3 Å². The Morgan fingerprint density at radius 3 is 2.55 bits per heavy atom. The Morgan fingerprint density at radius 2 is 1.88 bits per heavy atom.